The summed E-state index contributed by atoms with van der Waals surface area (Å²) in [6, 6.07) is 67.0. The zero-order valence-electron chi connectivity index (χ0n) is 34.2. The van der Waals surface area contributed by atoms with Gasteiger partial charge in [0.15, 0.2) is 0 Å². The van der Waals surface area contributed by atoms with E-state index in [1.54, 1.807) is 0 Å². The lowest BCUT2D eigenvalue weighted by Crippen LogP contribution is -2.14. The summed E-state index contributed by atoms with van der Waals surface area (Å²) in [6.45, 7) is 11.8. The van der Waals surface area contributed by atoms with Crippen molar-refractivity contribution in [3.05, 3.63) is 204 Å². The molecule has 0 heterocycles. The minimum absolute atomic E-state index is 0.0712. The largest absolute Gasteiger partial charge is 0.0619 e. The molecule has 0 aromatic heterocycles. The van der Waals surface area contributed by atoms with E-state index in [2.05, 4.69) is 211 Å². The number of hydrogen-bond donors (Lipinski definition) is 0. The van der Waals surface area contributed by atoms with Crippen LogP contribution in [0.4, 0.5) is 0 Å². The first kappa shape index (κ1) is 34.3. The first-order valence-corrected chi connectivity index (χ1v) is 21.1. The van der Waals surface area contributed by atoms with Crippen molar-refractivity contribution in [1.82, 2.24) is 0 Å². The summed E-state index contributed by atoms with van der Waals surface area (Å²) in [5.41, 5.74) is 19.8. The van der Waals surface area contributed by atoms with Gasteiger partial charge < -0.3 is 0 Å². The molecule has 280 valence electrons. The summed E-state index contributed by atoms with van der Waals surface area (Å²) >= 11 is 0. The predicted molar refractivity (Wildman–Crippen MR) is 253 cm³/mol. The molecule has 0 saturated carbocycles. The number of aryl methyl sites for hydroxylation is 1. The topological polar surface area (TPSA) is 0 Å². The molecule has 0 radical (unpaired) electrons. The predicted octanol–water partition coefficient (Wildman–Crippen LogP) is 16.2. The molecule has 0 nitrogen and oxygen atoms in total. The van der Waals surface area contributed by atoms with Gasteiger partial charge in [0, 0.05) is 10.8 Å². The van der Waals surface area contributed by atoms with Gasteiger partial charge in [-0.2, -0.15) is 0 Å². The van der Waals surface area contributed by atoms with Crippen molar-refractivity contribution >= 4 is 43.1 Å². The van der Waals surface area contributed by atoms with Gasteiger partial charge in [0.05, 0.1) is 0 Å². The molecule has 10 aromatic rings. The summed E-state index contributed by atoms with van der Waals surface area (Å²) in [7, 11) is 0. The SMILES string of the molecule is Cc1cc2c(cc1-c1ccc3ccccc3c1)c(-c1ccc3c(c1)C(C)(C)c1ccccc1-3)cc1c3ccccc3c(-c3ccc4c(c3)C(C)(C)c3ccccc3-4)cc21. The molecule has 12 rings (SSSR count). The van der Waals surface area contributed by atoms with E-state index in [1.165, 1.54) is 127 Å². The summed E-state index contributed by atoms with van der Waals surface area (Å²) in [6.07, 6.45) is 0. The fourth-order valence-electron chi connectivity index (χ4n) is 11.0. The van der Waals surface area contributed by atoms with Gasteiger partial charge in [-0.25, -0.2) is 0 Å². The number of rotatable bonds is 3. The Balaban J connectivity index is 1.14. The van der Waals surface area contributed by atoms with Crippen LogP contribution in [0, 0.1) is 6.92 Å². The molecule has 0 heteroatoms. The molecule has 2 aliphatic carbocycles. The lowest BCUT2D eigenvalue weighted by Gasteiger charge is -2.23. The Morgan fingerprint density at radius 3 is 1.36 bits per heavy atom. The summed E-state index contributed by atoms with van der Waals surface area (Å²) < 4.78 is 0. The quantitative estimate of drug-likeness (QED) is 0.158. The number of hydrogen-bond acceptors (Lipinski definition) is 0. The summed E-state index contributed by atoms with van der Waals surface area (Å²) in [5, 5.41) is 10.3. The summed E-state index contributed by atoms with van der Waals surface area (Å²) in [4.78, 5) is 0. The standard InChI is InChI=1S/C59H44/c1-35-28-50-52(32-47(35)38-23-22-36-14-6-7-15-37(36)29-38)49(40-25-27-46-44-19-11-13-21-55(44)59(4,5)57(46)31-40)34-51-42-17-9-8-16-41(42)48(33-53(50)51)39-24-26-45-43-18-10-12-20-54(43)58(2,3)56(45)30-39/h6-34H,1-5H3. The van der Waals surface area contributed by atoms with E-state index in [-0.39, 0.29) is 10.8 Å². The zero-order valence-corrected chi connectivity index (χ0v) is 34.2. The smallest absolute Gasteiger partial charge is 0.0159 e. The lowest BCUT2D eigenvalue weighted by atomic mass is 9.80. The van der Waals surface area contributed by atoms with E-state index in [1.807, 2.05) is 0 Å². The Morgan fingerprint density at radius 2 is 0.712 bits per heavy atom. The van der Waals surface area contributed by atoms with Crippen molar-refractivity contribution in [2.45, 2.75) is 45.4 Å². The average molecular weight is 753 g/mol. The Kier molecular flexibility index (Phi) is 7.05. The second-order valence-electron chi connectivity index (χ2n) is 18.1. The monoisotopic (exact) mass is 752 g/mol. The molecule has 0 N–H and O–H groups in total. The second kappa shape index (κ2) is 12.1. The van der Waals surface area contributed by atoms with Gasteiger partial charge in [0.2, 0.25) is 0 Å². The fourth-order valence-corrected chi connectivity index (χ4v) is 11.0. The van der Waals surface area contributed by atoms with Gasteiger partial charge in [-0.15, -0.1) is 0 Å². The van der Waals surface area contributed by atoms with E-state index >= 15 is 0 Å². The normalized spacial score (nSPS) is 14.5. The molecule has 0 unspecified atom stereocenters. The molecule has 0 saturated heterocycles. The Morgan fingerprint density at radius 1 is 0.271 bits per heavy atom. The highest BCUT2D eigenvalue weighted by atomic mass is 14.4. The van der Waals surface area contributed by atoms with Crippen molar-refractivity contribution in [3.8, 4) is 55.6 Å². The van der Waals surface area contributed by atoms with Gasteiger partial charge in [-0.1, -0.05) is 167 Å². The van der Waals surface area contributed by atoms with Crippen LogP contribution < -0.4 is 0 Å². The molecular weight excluding hydrogens is 709 g/mol. The molecular formula is C59H44. The van der Waals surface area contributed by atoms with Crippen molar-refractivity contribution in [1.29, 1.82) is 0 Å². The number of benzene rings is 10. The maximum Gasteiger partial charge on any atom is 0.0159 e. The van der Waals surface area contributed by atoms with Gasteiger partial charge >= 0.3 is 0 Å². The minimum Gasteiger partial charge on any atom is -0.0619 e. The molecule has 0 aliphatic heterocycles. The third kappa shape index (κ3) is 4.84. The van der Waals surface area contributed by atoms with Crippen LogP contribution in [0.1, 0.15) is 55.5 Å². The van der Waals surface area contributed by atoms with Crippen LogP contribution in [-0.4, -0.2) is 0 Å². The first-order chi connectivity index (χ1) is 28.7. The third-order valence-corrected chi connectivity index (χ3v) is 14.2. The van der Waals surface area contributed by atoms with E-state index < -0.39 is 0 Å². The third-order valence-electron chi connectivity index (χ3n) is 14.2. The average Bonchev–Trinajstić information content (AvgIpc) is 3.64. The highest BCUT2D eigenvalue weighted by molar-refractivity contribution is 6.24. The van der Waals surface area contributed by atoms with Crippen molar-refractivity contribution < 1.29 is 0 Å². The van der Waals surface area contributed by atoms with Gasteiger partial charge in [0.1, 0.15) is 0 Å². The molecule has 2 aliphatic rings. The van der Waals surface area contributed by atoms with Crippen LogP contribution in [0.5, 0.6) is 0 Å². The van der Waals surface area contributed by atoms with E-state index in [9.17, 15) is 0 Å². The molecule has 10 aromatic carbocycles. The fraction of sp³-hybridized carbons (Fsp3) is 0.119. The van der Waals surface area contributed by atoms with Crippen LogP contribution in [0.2, 0.25) is 0 Å². The molecule has 59 heavy (non-hydrogen) atoms. The van der Waals surface area contributed by atoms with Crippen LogP contribution in [-0.2, 0) is 10.8 Å². The second-order valence-corrected chi connectivity index (χ2v) is 18.1. The van der Waals surface area contributed by atoms with Crippen LogP contribution in [0.3, 0.4) is 0 Å². The summed E-state index contributed by atoms with van der Waals surface area (Å²) in [5.74, 6) is 0. The Labute approximate surface area is 346 Å². The van der Waals surface area contributed by atoms with Crippen LogP contribution in [0.15, 0.2) is 176 Å². The van der Waals surface area contributed by atoms with E-state index in [0.717, 1.165) is 0 Å². The van der Waals surface area contributed by atoms with Crippen molar-refractivity contribution in [2.75, 3.05) is 0 Å². The van der Waals surface area contributed by atoms with E-state index in [0.29, 0.717) is 0 Å². The molecule has 0 amide bonds. The van der Waals surface area contributed by atoms with Crippen LogP contribution in [0.25, 0.3) is 98.7 Å². The van der Waals surface area contributed by atoms with E-state index in [4.69, 9.17) is 0 Å². The Hall–Kier alpha value is -6.76. The maximum absolute atomic E-state index is 2.50. The molecule has 0 bridgehead atoms. The van der Waals surface area contributed by atoms with Crippen molar-refractivity contribution in [2.24, 2.45) is 0 Å². The van der Waals surface area contributed by atoms with Crippen molar-refractivity contribution in [3.63, 3.8) is 0 Å². The first-order valence-electron chi connectivity index (χ1n) is 21.1. The molecule has 0 spiro atoms. The zero-order chi connectivity index (χ0) is 39.8. The minimum atomic E-state index is -0.0885. The maximum atomic E-state index is 2.50. The lowest BCUT2D eigenvalue weighted by molar-refractivity contribution is 0.660. The molecule has 0 fully saturated rings. The number of fused-ring (bicyclic) bond motifs is 12. The Bertz CT molecular complexity index is 3440. The van der Waals surface area contributed by atoms with Gasteiger partial charge in [0.25, 0.3) is 0 Å². The highest BCUT2D eigenvalue weighted by Gasteiger charge is 2.36. The molecule has 0 atom stereocenters. The highest BCUT2D eigenvalue weighted by Crippen LogP contribution is 2.53. The van der Waals surface area contributed by atoms with Gasteiger partial charge in [-0.3, -0.25) is 0 Å². The van der Waals surface area contributed by atoms with Crippen LogP contribution >= 0.6 is 0 Å². The van der Waals surface area contributed by atoms with Gasteiger partial charge in [-0.05, 0) is 170 Å².